The van der Waals surface area contributed by atoms with Crippen molar-refractivity contribution in [1.82, 2.24) is 0 Å². The van der Waals surface area contributed by atoms with E-state index in [1.165, 1.54) is 27.8 Å². The molecule has 0 fully saturated rings. The van der Waals surface area contributed by atoms with Crippen LogP contribution in [-0.2, 0) is 0 Å². The number of hydrogen-bond acceptors (Lipinski definition) is 1. The average molecular weight is 500 g/mol. The molecule has 1 heteroatoms. The van der Waals surface area contributed by atoms with Crippen LogP contribution in [-0.4, -0.2) is 0 Å². The maximum Gasteiger partial charge on any atom is 0.0462 e. The van der Waals surface area contributed by atoms with Crippen molar-refractivity contribution in [1.29, 1.82) is 0 Å². The standard InChI is InChI=1S/C38H29N/c1-5-13-32(14-6-1)34-27-31(28-35(29-34)33-15-7-2-8-16-33)22-21-30-23-25-38(26-24-30)39(36-17-9-3-10-18-36)37-19-11-4-12-20-37/h1-29H/b22-21+. The zero-order chi connectivity index (χ0) is 26.3. The molecular weight excluding hydrogens is 470 g/mol. The van der Waals surface area contributed by atoms with Crippen molar-refractivity contribution in [2.24, 2.45) is 0 Å². The maximum absolute atomic E-state index is 2.28. The molecule has 0 saturated carbocycles. The molecule has 0 aliphatic carbocycles. The van der Waals surface area contributed by atoms with Crippen molar-refractivity contribution in [3.8, 4) is 22.3 Å². The number of anilines is 3. The molecule has 0 saturated heterocycles. The highest BCUT2D eigenvalue weighted by atomic mass is 15.1. The normalized spacial score (nSPS) is 11.0. The maximum atomic E-state index is 2.28. The Morgan fingerprint density at radius 1 is 0.308 bits per heavy atom. The number of rotatable bonds is 7. The van der Waals surface area contributed by atoms with Crippen LogP contribution in [0.5, 0.6) is 0 Å². The first-order valence-corrected chi connectivity index (χ1v) is 13.3. The van der Waals surface area contributed by atoms with Crippen molar-refractivity contribution in [2.75, 3.05) is 4.90 Å². The van der Waals surface area contributed by atoms with Gasteiger partial charge >= 0.3 is 0 Å². The first-order valence-electron chi connectivity index (χ1n) is 13.3. The van der Waals surface area contributed by atoms with Gasteiger partial charge in [0.25, 0.3) is 0 Å². The third-order valence-electron chi connectivity index (χ3n) is 6.82. The number of para-hydroxylation sites is 2. The van der Waals surface area contributed by atoms with E-state index in [0.717, 1.165) is 22.6 Å². The van der Waals surface area contributed by atoms with Gasteiger partial charge < -0.3 is 4.90 Å². The minimum atomic E-state index is 1.13. The summed E-state index contributed by atoms with van der Waals surface area (Å²) < 4.78 is 0. The fourth-order valence-corrected chi connectivity index (χ4v) is 4.87. The van der Waals surface area contributed by atoms with Gasteiger partial charge in [0.05, 0.1) is 0 Å². The van der Waals surface area contributed by atoms with Crippen LogP contribution in [0.15, 0.2) is 164 Å². The van der Waals surface area contributed by atoms with Gasteiger partial charge in [-0.05, 0) is 88.0 Å². The summed E-state index contributed by atoms with van der Waals surface area (Å²) in [6.07, 6.45) is 4.40. The van der Waals surface area contributed by atoms with E-state index in [9.17, 15) is 0 Å². The second-order valence-electron chi connectivity index (χ2n) is 9.51. The van der Waals surface area contributed by atoms with Gasteiger partial charge in [0, 0.05) is 17.1 Å². The zero-order valence-electron chi connectivity index (χ0n) is 21.7. The van der Waals surface area contributed by atoms with Crippen LogP contribution in [0.4, 0.5) is 17.1 Å². The summed E-state index contributed by atoms with van der Waals surface area (Å²) in [5.41, 5.74) is 10.6. The summed E-state index contributed by atoms with van der Waals surface area (Å²) in [7, 11) is 0. The Kier molecular flexibility index (Phi) is 7.14. The van der Waals surface area contributed by atoms with Crippen molar-refractivity contribution in [2.45, 2.75) is 0 Å². The molecule has 0 N–H and O–H groups in total. The lowest BCUT2D eigenvalue weighted by molar-refractivity contribution is 1.28. The monoisotopic (exact) mass is 499 g/mol. The second-order valence-corrected chi connectivity index (χ2v) is 9.51. The van der Waals surface area contributed by atoms with Crippen LogP contribution < -0.4 is 4.90 Å². The van der Waals surface area contributed by atoms with Gasteiger partial charge in [-0.2, -0.15) is 0 Å². The molecule has 0 radical (unpaired) electrons. The molecule has 0 bridgehead atoms. The van der Waals surface area contributed by atoms with E-state index in [-0.39, 0.29) is 0 Å². The first-order chi connectivity index (χ1) is 19.3. The lowest BCUT2D eigenvalue weighted by Gasteiger charge is -2.25. The topological polar surface area (TPSA) is 3.24 Å². The molecule has 6 aromatic carbocycles. The average Bonchev–Trinajstić information content (AvgIpc) is 3.03. The fourth-order valence-electron chi connectivity index (χ4n) is 4.87. The number of hydrogen-bond donors (Lipinski definition) is 0. The summed E-state index contributed by atoms with van der Waals surface area (Å²) in [5.74, 6) is 0. The zero-order valence-corrected chi connectivity index (χ0v) is 21.7. The lowest BCUT2D eigenvalue weighted by atomic mass is 9.96. The Labute approximate surface area is 231 Å². The molecule has 0 spiro atoms. The molecule has 0 aromatic heterocycles. The van der Waals surface area contributed by atoms with Crippen LogP contribution in [0.25, 0.3) is 34.4 Å². The Morgan fingerprint density at radius 3 is 1.15 bits per heavy atom. The smallest absolute Gasteiger partial charge is 0.0462 e. The van der Waals surface area contributed by atoms with Gasteiger partial charge in [0.2, 0.25) is 0 Å². The largest absolute Gasteiger partial charge is 0.311 e. The summed E-state index contributed by atoms with van der Waals surface area (Å²) in [6, 6.07) is 57.7. The Hall–Kier alpha value is -5.14. The summed E-state index contributed by atoms with van der Waals surface area (Å²) in [4.78, 5) is 2.28. The molecular formula is C38H29N. The molecule has 0 aliphatic heterocycles. The van der Waals surface area contributed by atoms with Gasteiger partial charge in [0.1, 0.15) is 0 Å². The summed E-state index contributed by atoms with van der Waals surface area (Å²) in [6.45, 7) is 0. The molecule has 0 aliphatic rings. The SMILES string of the molecule is C(=C\c1cc(-c2ccccc2)cc(-c2ccccc2)c1)/c1ccc(N(c2ccccc2)c2ccccc2)cc1. The van der Waals surface area contributed by atoms with E-state index in [2.05, 4.69) is 181 Å². The van der Waals surface area contributed by atoms with Gasteiger partial charge in [-0.25, -0.2) is 0 Å². The van der Waals surface area contributed by atoms with Gasteiger partial charge in [0.15, 0.2) is 0 Å². The predicted molar refractivity (Wildman–Crippen MR) is 167 cm³/mol. The van der Waals surface area contributed by atoms with Crippen molar-refractivity contribution >= 4 is 29.2 Å². The van der Waals surface area contributed by atoms with E-state index >= 15 is 0 Å². The molecule has 6 aromatic rings. The van der Waals surface area contributed by atoms with E-state index < -0.39 is 0 Å². The number of benzene rings is 6. The third-order valence-corrected chi connectivity index (χ3v) is 6.82. The van der Waals surface area contributed by atoms with Crippen LogP contribution in [0.2, 0.25) is 0 Å². The Bertz CT molecular complexity index is 1560. The third kappa shape index (κ3) is 5.74. The van der Waals surface area contributed by atoms with E-state index in [4.69, 9.17) is 0 Å². The van der Waals surface area contributed by atoms with E-state index in [1.54, 1.807) is 0 Å². The first kappa shape index (κ1) is 24.2. The van der Waals surface area contributed by atoms with Crippen LogP contribution in [0.3, 0.4) is 0 Å². The summed E-state index contributed by atoms with van der Waals surface area (Å²) >= 11 is 0. The second kappa shape index (κ2) is 11.5. The Morgan fingerprint density at radius 2 is 0.692 bits per heavy atom. The molecule has 0 heterocycles. The van der Waals surface area contributed by atoms with Crippen molar-refractivity contribution in [3.05, 3.63) is 175 Å². The minimum absolute atomic E-state index is 1.13. The minimum Gasteiger partial charge on any atom is -0.311 e. The quantitative estimate of drug-likeness (QED) is 0.197. The summed E-state index contributed by atoms with van der Waals surface area (Å²) in [5, 5.41) is 0. The molecule has 39 heavy (non-hydrogen) atoms. The highest BCUT2D eigenvalue weighted by molar-refractivity contribution is 5.81. The molecule has 0 amide bonds. The van der Waals surface area contributed by atoms with E-state index in [0.29, 0.717) is 0 Å². The molecule has 186 valence electrons. The predicted octanol–water partition coefficient (Wildman–Crippen LogP) is 10.7. The van der Waals surface area contributed by atoms with Gasteiger partial charge in [-0.3, -0.25) is 0 Å². The fraction of sp³-hybridized carbons (Fsp3) is 0. The van der Waals surface area contributed by atoms with Gasteiger partial charge in [-0.1, -0.05) is 121 Å². The molecule has 6 rings (SSSR count). The van der Waals surface area contributed by atoms with Crippen molar-refractivity contribution < 1.29 is 0 Å². The number of nitrogens with zero attached hydrogens (tertiary/aromatic N) is 1. The van der Waals surface area contributed by atoms with Gasteiger partial charge in [-0.15, -0.1) is 0 Å². The van der Waals surface area contributed by atoms with E-state index in [1.807, 2.05) is 0 Å². The highest BCUT2D eigenvalue weighted by Crippen LogP contribution is 2.34. The highest BCUT2D eigenvalue weighted by Gasteiger charge is 2.11. The molecule has 0 atom stereocenters. The van der Waals surface area contributed by atoms with Crippen LogP contribution >= 0.6 is 0 Å². The molecule has 0 unspecified atom stereocenters. The molecule has 1 nitrogen and oxygen atoms in total. The van der Waals surface area contributed by atoms with Crippen LogP contribution in [0, 0.1) is 0 Å². The van der Waals surface area contributed by atoms with Crippen molar-refractivity contribution in [3.63, 3.8) is 0 Å². The Balaban J connectivity index is 1.32. The van der Waals surface area contributed by atoms with Crippen LogP contribution in [0.1, 0.15) is 11.1 Å². The lowest BCUT2D eigenvalue weighted by Crippen LogP contribution is -2.09.